The van der Waals surface area contributed by atoms with Crippen molar-refractivity contribution in [2.45, 2.75) is 59.6 Å². The van der Waals surface area contributed by atoms with Gasteiger partial charge < -0.3 is 10.4 Å². The number of hydrogen-bond acceptors (Lipinski definition) is 2. The smallest absolute Gasteiger partial charge is 0.0575 e. The van der Waals surface area contributed by atoms with E-state index in [9.17, 15) is 5.11 Å². The predicted octanol–water partition coefficient (Wildman–Crippen LogP) is 2.42. The van der Waals surface area contributed by atoms with E-state index in [4.69, 9.17) is 0 Å². The van der Waals surface area contributed by atoms with Gasteiger partial charge in [0, 0.05) is 6.04 Å². The summed E-state index contributed by atoms with van der Waals surface area (Å²) in [6, 6.07) is 0.564. The summed E-state index contributed by atoms with van der Waals surface area (Å²) in [6.45, 7) is 11.7. The molecular formula is C12H27NO. The first-order valence-electron chi connectivity index (χ1n) is 5.85. The molecule has 14 heavy (non-hydrogen) atoms. The van der Waals surface area contributed by atoms with E-state index in [-0.39, 0.29) is 6.10 Å². The number of rotatable bonds is 7. The van der Waals surface area contributed by atoms with Crippen molar-refractivity contribution in [2.24, 2.45) is 11.8 Å². The molecule has 0 spiro atoms. The molecule has 0 fully saturated rings. The van der Waals surface area contributed by atoms with Crippen molar-refractivity contribution >= 4 is 0 Å². The molecule has 0 amide bonds. The third kappa shape index (κ3) is 7.34. The molecule has 0 aliphatic carbocycles. The van der Waals surface area contributed by atoms with Gasteiger partial charge in [-0.1, -0.05) is 27.7 Å². The first kappa shape index (κ1) is 13.9. The molecule has 0 aromatic heterocycles. The van der Waals surface area contributed by atoms with Gasteiger partial charge in [0.2, 0.25) is 0 Å². The molecule has 86 valence electrons. The fourth-order valence-electron chi connectivity index (χ4n) is 1.60. The summed E-state index contributed by atoms with van der Waals surface area (Å²) in [5.74, 6) is 1.12. The second-order valence-corrected chi connectivity index (χ2v) is 5.08. The van der Waals surface area contributed by atoms with Crippen LogP contribution in [0, 0.1) is 11.8 Å². The van der Waals surface area contributed by atoms with Crippen LogP contribution in [0.15, 0.2) is 0 Å². The van der Waals surface area contributed by atoms with Crippen LogP contribution in [0.3, 0.4) is 0 Å². The molecule has 0 aliphatic rings. The van der Waals surface area contributed by atoms with E-state index in [1.165, 1.54) is 6.42 Å². The van der Waals surface area contributed by atoms with Crippen molar-refractivity contribution in [3.05, 3.63) is 0 Å². The molecule has 0 saturated heterocycles. The lowest BCUT2D eigenvalue weighted by Gasteiger charge is -2.18. The molecule has 2 heteroatoms. The molecule has 0 aromatic carbocycles. The molecular weight excluding hydrogens is 174 g/mol. The molecule has 0 radical (unpaired) electrons. The molecule has 2 nitrogen and oxygen atoms in total. The van der Waals surface area contributed by atoms with Crippen molar-refractivity contribution < 1.29 is 5.11 Å². The van der Waals surface area contributed by atoms with Crippen LogP contribution in [0.25, 0.3) is 0 Å². The number of aliphatic hydroxyl groups excluding tert-OH is 1. The average Bonchev–Trinajstić information content (AvgIpc) is 2.02. The van der Waals surface area contributed by atoms with Crippen LogP contribution < -0.4 is 5.32 Å². The molecule has 0 rings (SSSR count). The van der Waals surface area contributed by atoms with Crippen LogP contribution in [0.4, 0.5) is 0 Å². The zero-order valence-electron chi connectivity index (χ0n) is 10.4. The molecule has 2 N–H and O–H groups in total. The van der Waals surface area contributed by atoms with Gasteiger partial charge >= 0.3 is 0 Å². The quantitative estimate of drug-likeness (QED) is 0.663. The van der Waals surface area contributed by atoms with Crippen LogP contribution in [-0.4, -0.2) is 23.8 Å². The largest absolute Gasteiger partial charge is 0.393 e. The van der Waals surface area contributed by atoms with E-state index in [2.05, 4.69) is 39.9 Å². The van der Waals surface area contributed by atoms with E-state index < -0.39 is 0 Å². The average molecular weight is 201 g/mol. The predicted molar refractivity (Wildman–Crippen MR) is 62.4 cm³/mol. The maximum atomic E-state index is 9.58. The van der Waals surface area contributed by atoms with Crippen molar-refractivity contribution in [3.63, 3.8) is 0 Å². The highest BCUT2D eigenvalue weighted by molar-refractivity contribution is 4.66. The van der Waals surface area contributed by atoms with Crippen LogP contribution >= 0.6 is 0 Å². The minimum atomic E-state index is -0.159. The lowest BCUT2D eigenvalue weighted by Crippen LogP contribution is -2.31. The summed E-state index contributed by atoms with van der Waals surface area (Å²) in [4.78, 5) is 0. The third-order valence-corrected chi connectivity index (χ3v) is 2.53. The molecule has 0 aromatic rings. The zero-order chi connectivity index (χ0) is 11.1. The highest BCUT2D eigenvalue weighted by Gasteiger charge is 2.09. The molecule has 0 bridgehead atoms. The van der Waals surface area contributed by atoms with Gasteiger partial charge in [-0.05, 0) is 38.1 Å². The number of aliphatic hydroxyl groups is 1. The third-order valence-electron chi connectivity index (χ3n) is 2.53. The van der Waals surface area contributed by atoms with E-state index >= 15 is 0 Å². The van der Waals surface area contributed by atoms with Gasteiger partial charge in [0.1, 0.15) is 0 Å². The van der Waals surface area contributed by atoms with Gasteiger partial charge in [-0.25, -0.2) is 0 Å². The zero-order valence-corrected chi connectivity index (χ0v) is 10.4. The fourth-order valence-corrected chi connectivity index (χ4v) is 1.60. The molecule has 2 atom stereocenters. The highest BCUT2D eigenvalue weighted by atomic mass is 16.3. The minimum Gasteiger partial charge on any atom is -0.393 e. The Bertz CT molecular complexity index is 134. The Morgan fingerprint density at radius 1 is 1.07 bits per heavy atom. The van der Waals surface area contributed by atoms with Crippen molar-refractivity contribution in [3.8, 4) is 0 Å². The van der Waals surface area contributed by atoms with Gasteiger partial charge in [0.25, 0.3) is 0 Å². The Morgan fingerprint density at radius 3 is 2.07 bits per heavy atom. The summed E-state index contributed by atoms with van der Waals surface area (Å²) >= 11 is 0. The SMILES string of the molecule is CC(C)CC(C)NCCC(O)C(C)C. The highest BCUT2D eigenvalue weighted by Crippen LogP contribution is 2.06. The lowest BCUT2D eigenvalue weighted by atomic mass is 10.0. The molecule has 0 heterocycles. The summed E-state index contributed by atoms with van der Waals surface area (Å²) in [5, 5.41) is 13.0. The van der Waals surface area contributed by atoms with Gasteiger partial charge in [-0.15, -0.1) is 0 Å². The van der Waals surface area contributed by atoms with E-state index in [1.54, 1.807) is 0 Å². The Labute approximate surface area is 89.1 Å². The van der Waals surface area contributed by atoms with Crippen LogP contribution in [-0.2, 0) is 0 Å². The van der Waals surface area contributed by atoms with E-state index in [1.807, 2.05) is 0 Å². The van der Waals surface area contributed by atoms with Gasteiger partial charge in [0.15, 0.2) is 0 Å². The molecule has 0 aliphatic heterocycles. The normalized spacial score (nSPS) is 16.3. The lowest BCUT2D eigenvalue weighted by molar-refractivity contribution is 0.115. The Morgan fingerprint density at radius 2 is 1.64 bits per heavy atom. The summed E-state index contributed by atoms with van der Waals surface area (Å²) in [6.07, 6.45) is 1.91. The molecule has 2 unspecified atom stereocenters. The first-order valence-corrected chi connectivity index (χ1v) is 5.85. The maximum Gasteiger partial charge on any atom is 0.0575 e. The number of hydrogen-bond donors (Lipinski definition) is 2. The van der Waals surface area contributed by atoms with Gasteiger partial charge in [0.05, 0.1) is 6.10 Å². The molecule has 0 saturated carbocycles. The second-order valence-electron chi connectivity index (χ2n) is 5.08. The van der Waals surface area contributed by atoms with Gasteiger partial charge in [-0.3, -0.25) is 0 Å². The standard InChI is InChI=1S/C12H27NO/c1-9(2)8-11(5)13-7-6-12(14)10(3)4/h9-14H,6-8H2,1-5H3. The van der Waals surface area contributed by atoms with Crippen molar-refractivity contribution in [1.82, 2.24) is 5.32 Å². The monoisotopic (exact) mass is 201 g/mol. The maximum absolute atomic E-state index is 9.58. The van der Waals surface area contributed by atoms with Crippen LogP contribution in [0.2, 0.25) is 0 Å². The summed E-state index contributed by atoms with van der Waals surface area (Å²) < 4.78 is 0. The van der Waals surface area contributed by atoms with E-state index in [0.29, 0.717) is 12.0 Å². The van der Waals surface area contributed by atoms with Crippen LogP contribution in [0.1, 0.15) is 47.5 Å². The first-order chi connectivity index (χ1) is 6.43. The summed E-state index contributed by atoms with van der Waals surface area (Å²) in [5.41, 5.74) is 0. The number of nitrogens with one attached hydrogen (secondary N) is 1. The van der Waals surface area contributed by atoms with Crippen molar-refractivity contribution in [2.75, 3.05) is 6.54 Å². The Kier molecular flexibility index (Phi) is 7.20. The minimum absolute atomic E-state index is 0.159. The fraction of sp³-hybridized carbons (Fsp3) is 1.00. The van der Waals surface area contributed by atoms with Crippen molar-refractivity contribution in [1.29, 1.82) is 0 Å². The Balaban J connectivity index is 3.44. The summed E-state index contributed by atoms with van der Waals surface area (Å²) in [7, 11) is 0. The second kappa shape index (κ2) is 7.24. The Hall–Kier alpha value is -0.0800. The van der Waals surface area contributed by atoms with Crippen LogP contribution in [0.5, 0.6) is 0 Å². The van der Waals surface area contributed by atoms with E-state index in [0.717, 1.165) is 18.9 Å². The van der Waals surface area contributed by atoms with Gasteiger partial charge in [-0.2, -0.15) is 0 Å². The topological polar surface area (TPSA) is 32.3 Å².